The van der Waals surface area contributed by atoms with E-state index in [-0.39, 0.29) is 23.5 Å². The molecule has 1 unspecified atom stereocenters. The van der Waals surface area contributed by atoms with Crippen LogP contribution in [0.15, 0.2) is 9.95 Å². The molecule has 3 heterocycles. The summed E-state index contributed by atoms with van der Waals surface area (Å²) in [7, 11) is 0. The molecule has 2 amide bonds. The van der Waals surface area contributed by atoms with Crippen molar-refractivity contribution in [2.24, 2.45) is 5.92 Å². The second kappa shape index (κ2) is 8.33. The molecule has 3 rings (SSSR count). The third-order valence-corrected chi connectivity index (χ3v) is 6.21. The maximum absolute atomic E-state index is 12.9. The number of ether oxygens (including phenoxy) is 1. The molecule has 0 bridgehead atoms. The highest BCUT2D eigenvalue weighted by atomic mass is 32.2. The Morgan fingerprint density at radius 1 is 1.19 bits per heavy atom. The van der Waals surface area contributed by atoms with Gasteiger partial charge in [-0.05, 0) is 20.3 Å². The van der Waals surface area contributed by atoms with Crippen molar-refractivity contribution < 1.29 is 14.3 Å². The van der Waals surface area contributed by atoms with E-state index in [0.717, 1.165) is 11.3 Å². The average Bonchev–Trinajstić information content (AvgIpc) is 2.68. The first-order valence-corrected chi connectivity index (χ1v) is 10.4. The minimum Gasteiger partial charge on any atom is -0.450 e. The molecule has 1 aromatic heterocycles. The first-order valence-electron chi connectivity index (χ1n) is 9.39. The number of nitrogens with zero attached hydrogens (tertiary/aromatic N) is 4. The van der Waals surface area contributed by atoms with Crippen molar-refractivity contribution in [3.63, 3.8) is 0 Å². The Morgan fingerprint density at radius 2 is 1.85 bits per heavy atom. The second-order valence-electron chi connectivity index (χ2n) is 6.75. The van der Waals surface area contributed by atoms with Crippen LogP contribution in [0, 0.1) is 12.8 Å². The number of piperazine rings is 1. The number of thioether (sulfide) groups is 1. The zero-order valence-electron chi connectivity index (χ0n) is 16.1. The number of carbonyl (C=O) groups is 2. The van der Waals surface area contributed by atoms with Crippen molar-refractivity contribution in [2.45, 2.75) is 38.9 Å². The molecule has 0 N–H and O–H groups in total. The largest absolute Gasteiger partial charge is 0.450 e. The zero-order valence-corrected chi connectivity index (χ0v) is 16.9. The van der Waals surface area contributed by atoms with Gasteiger partial charge in [0.15, 0.2) is 5.16 Å². The minimum atomic E-state index is -0.327. The number of rotatable bonds is 3. The molecule has 1 atom stereocenters. The first-order chi connectivity index (χ1) is 13.0. The van der Waals surface area contributed by atoms with E-state index in [4.69, 9.17) is 4.74 Å². The van der Waals surface area contributed by atoms with Gasteiger partial charge in [0.1, 0.15) is 0 Å². The Hall–Kier alpha value is -2.03. The lowest BCUT2D eigenvalue weighted by molar-refractivity contribution is -0.137. The standard InChI is InChI=1S/C18H26N4O4S/c1-4-14-12(3)19-17-22(16(14)24)10-13(11-27-17)15(23)20-6-8-21(9-7-20)18(25)26-5-2/h13H,4-11H2,1-3H3. The molecule has 0 aromatic carbocycles. The highest BCUT2D eigenvalue weighted by Crippen LogP contribution is 2.27. The van der Waals surface area contributed by atoms with Crippen molar-refractivity contribution in [3.05, 3.63) is 21.6 Å². The third kappa shape index (κ3) is 3.97. The normalized spacial score (nSPS) is 19.6. The Kier molecular flexibility index (Phi) is 6.08. The number of fused-ring (bicyclic) bond motifs is 1. The lowest BCUT2D eigenvalue weighted by Crippen LogP contribution is -2.53. The average molecular weight is 394 g/mol. The lowest BCUT2D eigenvalue weighted by atomic mass is 10.1. The SMILES string of the molecule is CCOC(=O)N1CCN(C(=O)C2CSc3nc(C)c(CC)c(=O)n3C2)CC1. The number of aryl methyl sites for hydroxylation is 1. The van der Waals surface area contributed by atoms with Crippen molar-refractivity contribution in [1.29, 1.82) is 0 Å². The smallest absolute Gasteiger partial charge is 0.409 e. The van der Waals surface area contributed by atoms with Gasteiger partial charge in [0.25, 0.3) is 5.56 Å². The Balaban J connectivity index is 1.67. The summed E-state index contributed by atoms with van der Waals surface area (Å²) in [4.78, 5) is 45.4. The fourth-order valence-corrected chi connectivity index (χ4v) is 4.65. The van der Waals surface area contributed by atoms with Gasteiger partial charge in [-0.1, -0.05) is 18.7 Å². The Morgan fingerprint density at radius 3 is 2.48 bits per heavy atom. The van der Waals surface area contributed by atoms with Crippen molar-refractivity contribution >= 4 is 23.8 Å². The molecule has 0 saturated carbocycles. The summed E-state index contributed by atoms with van der Waals surface area (Å²) in [6, 6.07) is 0. The van der Waals surface area contributed by atoms with Gasteiger partial charge in [0.05, 0.1) is 12.5 Å². The number of aromatic nitrogens is 2. The van der Waals surface area contributed by atoms with Crippen molar-refractivity contribution in [1.82, 2.24) is 19.4 Å². The maximum Gasteiger partial charge on any atom is 0.409 e. The van der Waals surface area contributed by atoms with Crippen LogP contribution in [-0.2, 0) is 22.5 Å². The summed E-state index contributed by atoms with van der Waals surface area (Å²) in [5, 5.41) is 0.700. The summed E-state index contributed by atoms with van der Waals surface area (Å²) in [5.74, 6) is 0.416. The van der Waals surface area contributed by atoms with E-state index in [0.29, 0.717) is 56.7 Å². The third-order valence-electron chi connectivity index (χ3n) is 5.07. The van der Waals surface area contributed by atoms with Gasteiger partial charge >= 0.3 is 6.09 Å². The number of hydrogen-bond acceptors (Lipinski definition) is 6. The van der Waals surface area contributed by atoms with E-state index < -0.39 is 0 Å². The summed E-state index contributed by atoms with van der Waals surface area (Å²) < 4.78 is 6.66. The molecular formula is C18H26N4O4S. The van der Waals surface area contributed by atoms with Crippen LogP contribution in [-0.4, -0.2) is 69.9 Å². The van der Waals surface area contributed by atoms with Gasteiger partial charge in [0, 0.05) is 49.7 Å². The maximum atomic E-state index is 12.9. The molecule has 1 fully saturated rings. The summed E-state index contributed by atoms with van der Waals surface area (Å²) in [5.41, 5.74) is 1.47. The Bertz CT molecular complexity index is 786. The van der Waals surface area contributed by atoms with Crippen LogP contribution in [0.1, 0.15) is 25.1 Å². The molecule has 1 aromatic rings. The number of hydrogen-bond donors (Lipinski definition) is 0. The molecule has 1 saturated heterocycles. The molecule has 0 spiro atoms. The molecule has 148 valence electrons. The van der Waals surface area contributed by atoms with Crippen LogP contribution in [0.2, 0.25) is 0 Å². The van der Waals surface area contributed by atoms with E-state index in [1.54, 1.807) is 21.3 Å². The molecule has 2 aliphatic rings. The molecule has 0 aliphatic carbocycles. The summed E-state index contributed by atoms with van der Waals surface area (Å²) in [6.07, 6.45) is 0.309. The fourth-order valence-electron chi connectivity index (χ4n) is 3.53. The van der Waals surface area contributed by atoms with Crippen LogP contribution < -0.4 is 5.56 Å². The lowest BCUT2D eigenvalue weighted by Gasteiger charge is -2.36. The predicted octanol–water partition coefficient (Wildman–Crippen LogP) is 1.14. The molecule has 27 heavy (non-hydrogen) atoms. The van der Waals surface area contributed by atoms with Gasteiger partial charge in [0.2, 0.25) is 5.91 Å². The minimum absolute atomic E-state index is 0.0304. The quantitative estimate of drug-likeness (QED) is 0.715. The fraction of sp³-hybridized carbons (Fsp3) is 0.667. The topological polar surface area (TPSA) is 84.7 Å². The van der Waals surface area contributed by atoms with Crippen LogP contribution >= 0.6 is 11.8 Å². The molecule has 9 heteroatoms. The van der Waals surface area contributed by atoms with Crippen LogP contribution in [0.25, 0.3) is 0 Å². The number of carbonyl (C=O) groups excluding carboxylic acids is 2. The van der Waals surface area contributed by atoms with E-state index in [9.17, 15) is 14.4 Å². The zero-order chi connectivity index (χ0) is 19.6. The monoisotopic (exact) mass is 394 g/mol. The second-order valence-corrected chi connectivity index (χ2v) is 7.73. The number of amides is 2. The van der Waals surface area contributed by atoms with E-state index in [2.05, 4.69) is 4.98 Å². The van der Waals surface area contributed by atoms with Gasteiger partial charge in [-0.25, -0.2) is 9.78 Å². The van der Waals surface area contributed by atoms with Gasteiger partial charge in [-0.2, -0.15) is 0 Å². The van der Waals surface area contributed by atoms with E-state index >= 15 is 0 Å². The molecular weight excluding hydrogens is 368 g/mol. The van der Waals surface area contributed by atoms with Crippen LogP contribution in [0.4, 0.5) is 4.79 Å². The summed E-state index contributed by atoms with van der Waals surface area (Å²) in [6.45, 7) is 8.24. The van der Waals surface area contributed by atoms with Gasteiger partial charge in [-0.15, -0.1) is 0 Å². The van der Waals surface area contributed by atoms with Crippen LogP contribution in [0.5, 0.6) is 0 Å². The highest BCUT2D eigenvalue weighted by molar-refractivity contribution is 7.99. The van der Waals surface area contributed by atoms with E-state index in [1.807, 2.05) is 13.8 Å². The molecule has 2 aliphatic heterocycles. The van der Waals surface area contributed by atoms with Gasteiger partial charge < -0.3 is 14.5 Å². The Labute approximate surface area is 162 Å². The van der Waals surface area contributed by atoms with Crippen molar-refractivity contribution in [3.8, 4) is 0 Å². The predicted molar refractivity (Wildman–Crippen MR) is 102 cm³/mol. The molecule has 8 nitrogen and oxygen atoms in total. The first kappa shape index (κ1) is 19.7. The van der Waals surface area contributed by atoms with Crippen LogP contribution in [0.3, 0.4) is 0 Å². The van der Waals surface area contributed by atoms with Gasteiger partial charge in [-0.3, -0.25) is 14.2 Å². The van der Waals surface area contributed by atoms with Crippen molar-refractivity contribution in [2.75, 3.05) is 38.5 Å². The van der Waals surface area contributed by atoms with E-state index in [1.165, 1.54) is 11.8 Å². The highest BCUT2D eigenvalue weighted by Gasteiger charge is 2.33. The molecule has 0 radical (unpaired) electrons. The summed E-state index contributed by atoms with van der Waals surface area (Å²) >= 11 is 1.47.